The van der Waals surface area contributed by atoms with E-state index in [0.717, 1.165) is 37.4 Å². The number of nitrogens with one attached hydrogen (secondary N) is 2. The zero-order valence-electron chi connectivity index (χ0n) is 15.2. The Morgan fingerprint density at radius 3 is 2.56 bits per heavy atom. The van der Waals surface area contributed by atoms with E-state index in [9.17, 15) is 9.90 Å². The molecule has 0 aliphatic carbocycles. The van der Waals surface area contributed by atoms with Crippen molar-refractivity contribution in [2.24, 2.45) is 0 Å². The highest BCUT2D eigenvalue weighted by Crippen LogP contribution is 2.26. The first-order valence-electron chi connectivity index (χ1n) is 9.05. The van der Waals surface area contributed by atoms with E-state index in [2.05, 4.69) is 10.2 Å². The number of hydrogen-bond donors (Lipinski definition) is 3. The number of carbonyl (C=O) groups excluding carboxylic acids is 1. The van der Waals surface area contributed by atoms with E-state index in [1.807, 2.05) is 31.2 Å². The molecule has 1 atom stereocenters. The van der Waals surface area contributed by atoms with Crippen LogP contribution in [0.15, 0.2) is 42.5 Å². The zero-order chi connectivity index (χ0) is 19.4. The molecule has 3 N–H and O–H groups in total. The molecule has 7 heteroatoms. The zero-order valence-corrected chi connectivity index (χ0v) is 16.7. The van der Waals surface area contributed by atoms with Crippen molar-refractivity contribution in [3.63, 3.8) is 0 Å². The highest BCUT2D eigenvalue weighted by molar-refractivity contribution is 6.42. The summed E-state index contributed by atoms with van der Waals surface area (Å²) in [7, 11) is 0. The van der Waals surface area contributed by atoms with Crippen LogP contribution < -0.4 is 15.1 Å². The van der Waals surface area contributed by atoms with Crippen LogP contribution >= 0.6 is 23.2 Å². The average Bonchev–Trinajstić information content (AvgIpc) is 2.65. The molecule has 1 saturated heterocycles. The fraction of sp³-hybridized carbons (Fsp3) is 0.350. The first kappa shape index (κ1) is 19.8. The molecular weight excluding hydrogens is 385 g/mol. The molecule has 2 aromatic carbocycles. The molecule has 0 radical (unpaired) electrons. The Morgan fingerprint density at radius 1 is 1.19 bits per heavy atom. The summed E-state index contributed by atoms with van der Waals surface area (Å²) < 4.78 is 0. The minimum absolute atomic E-state index is 0.0135. The van der Waals surface area contributed by atoms with Crippen LogP contribution in [-0.2, 0) is 4.79 Å². The van der Waals surface area contributed by atoms with Crippen molar-refractivity contribution in [2.45, 2.75) is 13.0 Å². The van der Waals surface area contributed by atoms with Gasteiger partial charge in [-0.15, -0.1) is 0 Å². The van der Waals surface area contributed by atoms with Crippen molar-refractivity contribution in [3.05, 3.63) is 58.1 Å². The third-order valence-electron chi connectivity index (χ3n) is 4.92. The Hall–Kier alpha value is -1.95. The number of phenolic OH excluding ortho intramolecular Hbond substituents is 1. The number of carbonyl (C=O) groups is 1. The average molecular weight is 409 g/mol. The van der Waals surface area contributed by atoms with Crippen LogP contribution in [-0.4, -0.2) is 43.7 Å². The van der Waals surface area contributed by atoms with Gasteiger partial charge in [-0.25, -0.2) is 0 Å². The molecule has 27 heavy (non-hydrogen) atoms. The Morgan fingerprint density at radius 2 is 1.89 bits per heavy atom. The molecule has 0 unspecified atom stereocenters. The number of benzene rings is 2. The van der Waals surface area contributed by atoms with Gasteiger partial charge in [0.15, 0.2) is 6.54 Å². The van der Waals surface area contributed by atoms with Gasteiger partial charge in [0.2, 0.25) is 0 Å². The van der Waals surface area contributed by atoms with Crippen LogP contribution in [0.4, 0.5) is 5.69 Å². The Bertz CT molecular complexity index is 808. The van der Waals surface area contributed by atoms with Gasteiger partial charge >= 0.3 is 0 Å². The summed E-state index contributed by atoms with van der Waals surface area (Å²) in [5.74, 6) is 0.314. The summed E-state index contributed by atoms with van der Waals surface area (Å²) in [6.45, 7) is 5.68. The van der Waals surface area contributed by atoms with Gasteiger partial charge in [-0.05, 0) is 36.8 Å². The number of anilines is 1. The Balaban J connectivity index is 1.49. The second-order valence-electron chi connectivity index (χ2n) is 6.87. The van der Waals surface area contributed by atoms with Crippen LogP contribution in [0.5, 0.6) is 5.75 Å². The van der Waals surface area contributed by atoms with Crippen LogP contribution in [0.1, 0.15) is 18.5 Å². The predicted molar refractivity (Wildman–Crippen MR) is 109 cm³/mol. The lowest BCUT2D eigenvalue weighted by atomic mass is 10.1. The maximum Gasteiger partial charge on any atom is 0.275 e. The summed E-state index contributed by atoms with van der Waals surface area (Å²) in [6, 6.07) is 12.6. The number of quaternary nitrogens is 1. The van der Waals surface area contributed by atoms with Gasteiger partial charge in [-0.1, -0.05) is 41.4 Å². The highest BCUT2D eigenvalue weighted by atomic mass is 35.5. The smallest absolute Gasteiger partial charge is 0.275 e. The third-order valence-corrected chi connectivity index (χ3v) is 5.66. The first-order chi connectivity index (χ1) is 12.9. The summed E-state index contributed by atoms with van der Waals surface area (Å²) in [5, 5.41) is 14.0. The molecule has 0 bridgehead atoms. The van der Waals surface area contributed by atoms with Crippen molar-refractivity contribution in [1.82, 2.24) is 5.32 Å². The van der Waals surface area contributed by atoms with E-state index in [1.54, 1.807) is 18.2 Å². The maximum absolute atomic E-state index is 12.4. The fourth-order valence-electron chi connectivity index (χ4n) is 3.36. The minimum Gasteiger partial charge on any atom is -0.506 e. The fourth-order valence-corrected chi connectivity index (χ4v) is 3.66. The largest absolute Gasteiger partial charge is 0.506 e. The lowest BCUT2D eigenvalue weighted by Crippen LogP contribution is -3.15. The van der Waals surface area contributed by atoms with Crippen molar-refractivity contribution in [3.8, 4) is 5.75 Å². The second-order valence-corrected chi connectivity index (χ2v) is 7.68. The number of phenols is 1. The number of piperazine rings is 1. The molecule has 1 aliphatic rings. The molecule has 1 heterocycles. The first-order valence-corrected chi connectivity index (χ1v) is 9.80. The highest BCUT2D eigenvalue weighted by Gasteiger charge is 2.24. The number of amides is 1. The van der Waals surface area contributed by atoms with Gasteiger partial charge in [-0.3, -0.25) is 4.79 Å². The molecule has 0 saturated carbocycles. The van der Waals surface area contributed by atoms with Gasteiger partial charge in [-0.2, -0.15) is 0 Å². The third kappa shape index (κ3) is 5.06. The summed E-state index contributed by atoms with van der Waals surface area (Å²) in [5.41, 5.74) is 1.78. The lowest BCUT2D eigenvalue weighted by Gasteiger charge is -2.33. The number of rotatable bonds is 5. The summed E-state index contributed by atoms with van der Waals surface area (Å²) in [4.78, 5) is 15.8. The van der Waals surface area contributed by atoms with Crippen molar-refractivity contribution >= 4 is 34.8 Å². The van der Waals surface area contributed by atoms with Crippen molar-refractivity contribution in [1.29, 1.82) is 0 Å². The van der Waals surface area contributed by atoms with E-state index in [-0.39, 0.29) is 11.9 Å². The molecule has 1 fully saturated rings. The van der Waals surface area contributed by atoms with Crippen LogP contribution in [0, 0.1) is 0 Å². The number of aromatic hydroxyl groups is 1. The molecule has 144 valence electrons. The summed E-state index contributed by atoms with van der Waals surface area (Å²) >= 11 is 12.0. The maximum atomic E-state index is 12.4. The molecule has 0 aromatic heterocycles. The number of halogens is 2. The standard InChI is InChI=1S/C20H23Cl2N3O2/c1-14(15-6-7-16(21)17(22)12-15)23-20(27)13-24-8-10-25(11-9-24)18-4-2-3-5-19(18)26/h2-7,12,14,26H,8-11,13H2,1H3,(H,23,27)/p+1/t14-/m0/s1. The normalized spacial score (nSPS) is 16.2. The minimum atomic E-state index is -0.130. The molecular formula is C20H24Cl2N3O2+. The second kappa shape index (κ2) is 8.83. The molecule has 3 rings (SSSR count). The molecule has 0 spiro atoms. The number of para-hydroxylation sites is 2. The topological polar surface area (TPSA) is 57.0 Å². The quantitative estimate of drug-likeness (QED) is 0.711. The predicted octanol–water partition coefficient (Wildman–Crippen LogP) is 2.28. The SMILES string of the molecule is C[C@H](NC(=O)C[NH+]1CCN(c2ccccc2O)CC1)c1ccc(Cl)c(Cl)c1. The van der Waals surface area contributed by atoms with E-state index in [4.69, 9.17) is 23.2 Å². The molecule has 5 nitrogen and oxygen atoms in total. The van der Waals surface area contributed by atoms with Gasteiger partial charge in [0.25, 0.3) is 5.91 Å². The van der Waals surface area contributed by atoms with Gasteiger partial charge < -0.3 is 20.2 Å². The van der Waals surface area contributed by atoms with Gasteiger partial charge in [0, 0.05) is 0 Å². The van der Waals surface area contributed by atoms with E-state index in [1.165, 1.54) is 4.90 Å². The lowest BCUT2D eigenvalue weighted by molar-refractivity contribution is -0.892. The number of nitrogens with zero attached hydrogens (tertiary/aromatic N) is 1. The van der Waals surface area contributed by atoms with Crippen LogP contribution in [0.3, 0.4) is 0 Å². The number of hydrogen-bond acceptors (Lipinski definition) is 3. The Kier molecular flexibility index (Phi) is 6.47. The monoisotopic (exact) mass is 408 g/mol. The molecule has 1 aliphatic heterocycles. The van der Waals surface area contributed by atoms with E-state index < -0.39 is 0 Å². The van der Waals surface area contributed by atoms with Crippen molar-refractivity contribution in [2.75, 3.05) is 37.6 Å². The molecule has 1 amide bonds. The van der Waals surface area contributed by atoms with E-state index in [0.29, 0.717) is 22.3 Å². The van der Waals surface area contributed by atoms with Gasteiger partial charge in [0.1, 0.15) is 5.75 Å². The van der Waals surface area contributed by atoms with E-state index >= 15 is 0 Å². The van der Waals surface area contributed by atoms with Gasteiger partial charge in [0.05, 0.1) is 48.0 Å². The van der Waals surface area contributed by atoms with Crippen molar-refractivity contribution < 1.29 is 14.8 Å². The van der Waals surface area contributed by atoms with Crippen LogP contribution in [0.2, 0.25) is 10.0 Å². The summed E-state index contributed by atoms with van der Waals surface area (Å²) in [6.07, 6.45) is 0. The Labute approximate surface area is 169 Å². The van der Waals surface area contributed by atoms with Crippen LogP contribution in [0.25, 0.3) is 0 Å². The molecule has 2 aromatic rings.